The van der Waals surface area contributed by atoms with Crippen molar-refractivity contribution < 1.29 is 0 Å². The maximum absolute atomic E-state index is 4.21. The van der Waals surface area contributed by atoms with Crippen LogP contribution in [-0.4, -0.2) is 17.3 Å². The van der Waals surface area contributed by atoms with Crippen LogP contribution < -0.4 is 0 Å². The average Bonchev–Trinajstić information content (AvgIpc) is 2.21. The smallest absolute Gasteiger partial charge is 0.00675 e. The normalized spacial score (nSPS) is 10.7. The Bertz CT molecular complexity index is 82.3. The first kappa shape index (κ1) is 14.7. The largest absolute Gasteiger partial charge is 0.179 e. The number of hydrogen-bond donors (Lipinski definition) is 1. The Labute approximate surface area is 100 Å². The highest BCUT2D eigenvalue weighted by atomic mass is 32.2. The third-order valence-electron chi connectivity index (χ3n) is 2.30. The molecule has 14 heavy (non-hydrogen) atoms. The van der Waals surface area contributed by atoms with E-state index in [-0.39, 0.29) is 0 Å². The van der Waals surface area contributed by atoms with E-state index < -0.39 is 0 Å². The monoisotopic (exact) mass is 234 g/mol. The van der Waals surface area contributed by atoms with E-state index in [0.717, 1.165) is 5.75 Å². The molecule has 0 atom stereocenters. The second-order valence-electron chi connectivity index (χ2n) is 3.81. The number of thioether (sulfide) groups is 1. The predicted octanol–water partition coefficient (Wildman–Crippen LogP) is 4.79. The fourth-order valence-corrected chi connectivity index (χ4v) is 2.57. The average molecular weight is 234 g/mol. The minimum Gasteiger partial charge on any atom is -0.179 e. The van der Waals surface area contributed by atoms with Gasteiger partial charge in [0.05, 0.1) is 0 Å². The summed E-state index contributed by atoms with van der Waals surface area (Å²) < 4.78 is 0. The first-order chi connectivity index (χ1) is 6.91. The number of rotatable bonds is 11. The Morgan fingerprint density at radius 3 is 1.93 bits per heavy atom. The summed E-state index contributed by atoms with van der Waals surface area (Å²) in [5.74, 6) is 3.79. The molecule has 0 aliphatic rings. The van der Waals surface area contributed by atoms with Gasteiger partial charge in [0, 0.05) is 0 Å². The van der Waals surface area contributed by atoms with Gasteiger partial charge in [-0.25, -0.2) is 0 Å². The molecule has 86 valence electrons. The lowest BCUT2D eigenvalue weighted by Gasteiger charge is -2.01. The molecule has 0 saturated heterocycles. The summed E-state index contributed by atoms with van der Waals surface area (Å²) in [7, 11) is 0. The number of unbranched alkanes of at least 4 members (excludes halogenated alkanes) is 6. The molecule has 0 aliphatic heterocycles. The summed E-state index contributed by atoms with van der Waals surface area (Å²) in [6, 6.07) is 0. The Balaban J connectivity index is 2.78. The Hall–Kier alpha value is 0.700. The van der Waals surface area contributed by atoms with E-state index in [4.69, 9.17) is 0 Å². The predicted molar refractivity (Wildman–Crippen MR) is 73.8 cm³/mol. The van der Waals surface area contributed by atoms with Gasteiger partial charge < -0.3 is 0 Å². The van der Waals surface area contributed by atoms with E-state index in [0.29, 0.717) is 0 Å². The molecule has 0 unspecified atom stereocenters. The lowest BCUT2D eigenvalue weighted by Crippen LogP contribution is -1.84. The van der Waals surface area contributed by atoms with Gasteiger partial charge in [-0.3, -0.25) is 0 Å². The van der Waals surface area contributed by atoms with Gasteiger partial charge in [0.25, 0.3) is 0 Å². The van der Waals surface area contributed by atoms with Gasteiger partial charge in [0.1, 0.15) is 0 Å². The zero-order valence-corrected chi connectivity index (χ0v) is 11.3. The molecule has 0 aromatic rings. The summed E-state index contributed by atoms with van der Waals surface area (Å²) in [6.45, 7) is 2.26. The highest BCUT2D eigenvalue weighted by Crippen LogP contribution is 2.11. The van der Waals surface area contributed by atoms with Crippen LogP contribution in [0.25, 0.3) is 0 Å². The standard InChI is InChI=1S/C12H26S2/c1-2-11-14-12-9-7-5-3-4-6-8-10-13/h13H,2-12H2,1H3. The van der Waals surface area contributed by atoms with E-state index in [1.165, 1.54) is 62.9 Å². The topological polar surface area (TPSA) is 0 Å². The van der Waals surface area contributed by atoms with Crippen LogP contribution in [0.1, 0.15) is 58.3 Å². The maximum Gasteiger partial charge on any atom is -0.00675 e. The molecule has 0 nitrogen and oxygen atoms in total. The third kappa shape index (κ3) is 12.7. The molecule has 0 fully saturated rings. The summed E-state index contributed by atoms with van der Waals surface area (Å²) in [5, 5.41) is 0. The first-order valence-electron chi connectivity index (χ1n) is 6.10. The molecule has 0 aliphatic carbocycles. The SMILES string of the molecule is CCCSCCCCCCCCCS. The lowest BCUT2D eigenvalue weighted by molar-refractivity contribution is 0.605. The zero-order chi connectivity index (χ0) is 10.5. The molecule has 0 N–H and O–H groups in total. The van der Waals surface area contributed by atoms with Crippen molar-refractivity contribution >= 4 is 24.4 Å². The van der Waals surface area contributed by atoms with Crippen molar-refractivity contribution in [3.8, 4) is 0 Å². The van der Waals surface area contributed by atoms with E-state index in [1.54, 1.807) is 0 Å². The Morgan fingerprint density at radius 1 is 0.786 bits per heavy atom. The van der Waals surface area contributed by atoms with Crippen LogP contribution in [0.15, 0.2) is 0 Å². The van der Waals surface area contributed by atoms with Crippen LogP contribution in [-0.2, 0) is 0 Å². The van der Waals surface area contributed by atoms with Gasteiger partial charge in [-0.05, 0) is 36.5 Å². The molecular weight excluding hydrogens is 208 g/mol. The van der Waals surface area contributed by atoms with Crippen LogP contribution in [0.3, 0.4) is 0 Å². The van der Waals surface area contributed by atoms with Gasteiger partial charge in [-0.2, -0.15) is 24.4 Å². The second-order valence-corrected chi connectivity index (χ2v) is 5.48. The highest BCUT2D eigenvalue weighted by molar-refractivity contribution is 7.99. The van der Waals surface area contributed by atoms with E-state index in [9.17, 15) is 0 Å². The third-order valence-corrected chi connectivity index (χ3v) is 3.89. The summed E-state index contributed by atoms with van der Waals surface area (Å²) in [6.07, 6.45) is 11.2. The molecular formula is C12H26S2. The fourth-order valence-electron chi connectivity index (χ4n) is 1.45. The van der Waals surface area contributed by atoms with Crippen molar-refractivity contribution in [2.75, 3.05) is 17.3 Å². The zero-order valence-electron chi connectivity index (χ0n) is 9.63. The quantitative estimate of drug-likeness (QED) is 0.396. The van der Waals surface area contributed by atoms with E-state index >= 15 is 0 Å². The van der Waals surface area contributed by atoms with Crippen molar-refractivity contribution in [2.45, 2.75) is 58.3 Å². The molecule has 0 spiro atoms. The first-order valence-corrected chi connectivity index (χ1v) is 7.89. The summed E-state index contributed by atoms with van der Waals surface area (Å²) >= 11 is 6.32. The van der Waals surface area contributed by atoms with Crippen LogP contribution in [0.4, 0.5) is 0 Å². The molecule has 0 bridgehead atoms. The second kappa shape index (κ2) is 13.7. The molecule has 0 amide bonds. The number of hydrogen-bond acceptors (Lipinski definition) is 2. The fraction of sp³-hybridized carbons (Fsp3) is 1.00. The van der Waals surface area contributed by atoms with E-state index in [2.05, 4.69) is 31.3 Å². The van der Waals surface area contributed by atoms with E-state index in [1.807, 2.05) is 0 Å². The van der Waals surface area contributed by atoms with Crippen molar-refractivity contribution in [1.29, 1.82) is 0 Å². The van der Waals surface area contributed by atoms with Crippen LogP contribution in [0, 0.1) is 0 Å². The molecule has 0 heterocycles. The van der Waals surface area contributed by atoms with Gasteiger partial charge in [-0.15, -0.1) is 0 Å². The molecule has 0 saturated carbocycles. The molecule has 0 radical (unpaired) electrons. The Kier molecular flexibility index (Phi) is 14.4. The van der Waals surface area contributed by atoms with Gasteiger partial charge in [-0.1, -0.05) is 39.0 Å². The molecule has 2 heteroatoms. The molecule has 0 rings (SSSR count). The minimum absolute atomic E-state index is 1.06. The lowest BCUT2D eigenvalue weighted by atomic mass is 10.1. The van der Waals surface area contributed by atoms with Crippen molar-refractivity contribution in [1.82, 2.24) is 0 Å². The van der Waals surface area contributed by atoms with Gasteiger partial charge >= 0.3 is 0 Å². The minimum atomic E-state index is 1.06. The van der Waals surface area contributed by atoms with Gasteiger partial charge in [0.15, 0.2) is 0 Å². The van der Waals surface area contributed by atoms with Crippen molar-refractivity contribution in [3.05, 3.63) is 0 Å². The van der Waals surface area contributed by atoms with Crippen molar-refractivity contribution in [3.63, 3.8) is 0 Å². The summed E-state index contributed by atoms with van der Waals surface area (Å²) in [5.41, 5.74) is 0. The molecule has 0 aromatic heterocycles. The molecule has 0 aromatic carbocycles. The summed E-state index contributed by atoms with van der Waals surface area (Å²) in [4.78, 5) is 0. The number of thiol groups is 1. The van der Waals surface area contributed by atoms with Crippen LogP contribution in [0.5, 0.6) is 0 Å². The van der Waals surface area contributed by atoms with Crippen LogP contribution >= 0.6 is 24.4 Å². The Morgan fingerprint density at radius 2 is 1.36 bits per heavy atom. The van der Waals surface area contributed by atoms with Crippen molar-refractivity contribution in [2.24, 2.45) is 0 Å². The van der Waals surface area contributed by atoms with Gasteiger partial charge in [0.2, 0.25) is 0 Å². The van der Waals surface area contributed by atoms with Crippen LogP contribution in [0.2, 0.25) is 0 Å². The maximum atomic E-state index is 4.21. The highest BCUT2D eigenvalue weighted by Gasteiger charge is 1.91.